The van der Waals surface area contributed by atoms with Gasteiger partial charge in [0.2, 0.25) is 5.91 Å². The Morgan fingerprint density at radius 2 is 1.81 bits per heavy atom. The van der Waals surface area contributed by atoms with Crippen LogP contribution in [0.4, 0.5) is 4.79 Å². The highest BCUT2D eigenvalue weighted by Crippen LogP contribution is 2.24. The summed E-state index contributed by atoms with van der Waals surface area (Å²) in [6, 6.07) is 6.33. The lowest BCUT2D eigenvalue weighted by atomic mass is 10.0. The summed E-state index contributed by atoms with van der Waals surface area (Å²) in [5.74, 6) is -1.05. The van der Waals surface area contributed by atoms with Crippen LogP contribution in [0.15, 0.2) is 30.5 Å². The SMILES string of the molecule is COCCOCC(=O)N[C@H](Cc1cn(C(=O)OC(C)(C)C)c2ccccc12)C(=O)OC. The average molecular weight is 434 g/mol. The largest absolute Gasteiger partial charge is 0.467 e. The number of aromatic nitrogens is 1. The van der Waals surface area contributed by atoms with Crippen molar-refractivity contribution in [1.82, 2.24) is 9.88 Å². The minimum absolute atomic E-state index is 0.132. The molecule has 0 fully saturated rings. The van der Waals surface area contributed by atoms with Crippen molar-refractivity contribution in [2.45, 2.75) is 38.8 Å². The van der Waals surface area contributed by atoms with Gasteiger partial charge in [0.05, 0.1) is 25.8 Å². The van der Waals surface area contributed by atoms with Crippen LogP contribution in [0, 0.1) is 0 Å². The molecule has 0 aliphatic heterocycles. The van der Waals surface area contributed by atoms with Crippen molar-refractivity contribution in [3.63, 3.8) is 0 Å². The van der Waals surface area contributed by atoms with Gasteiger partial charge in [-0.1, -0.05) is 18.2 Å². The van der Waals surface area contributed by atoms with Crippen LogP contribution in [0.3, 0.4) is 0 Å². The lowest BCUT2D eigenvalue weighted by Crippen LogP contribution is -2.44. The van der Waals surface area contributed by atoms with Crippen LogP contribution < -0.4 is 5.32 Å². The van der Waals surface area contributed by atoms with Gasteiger partial charge in [0.1, 0.15) is 18.2 Å². The molecular weight excluding hydrogens is 404 g/mol. The Balaban J connectivity index is 2.24. The van der Waals surface area contributed by atoms with Crippen LogP contribution in [0.1, 0.15) is 26.3 Å². The third-order valence-electron chi connectivity index (χ3n) is 4.29. The summed E-state index contributed by atoms with van der Waals surface area (Å²) >= 11 is 0. The first-order valence-electron chi connectivity index (χ1n) is 9.92. The molecule has 1 aromatic carbocycles. The number of para-hydroxylation sites is 1. The number of amides is 1. The lowest BCUT2D eigenvalue weighted by Gasteiger charge is -2.19. The summed E-state index contributed by atoms with van der Waals surface area (Å²) in [4.78, 5) is 37.2. The molecule has 0 bridgehead atoms. The highest BCUT2D eigenvalue weighted by atomic mass is 16.6. The molecule has 0 aliphatic carbocycles. The monoisotopic (exact) mass is 434 g/mol. The standard InChI is InChI=1S/C22H30N2O7/c1-22(2,3)31-21(27)24-13-15(16-8-6-7-9-18(16)24)12-17(20(26)29-5)23-19(25)14-30-11-10-28-4/h6-9,13,17H,10-12,14H2,1-5H3,(H,23,25)/t17-/m1/s1. The van der Waals surface area contributed by atoms with Crippen LogP contribution in [-0.2, 0) is 35.0 Å². The van der Waals surface area contributed by atoms with Gasteiger partial charge in [0, 0.05) is 25.1 Å². The maximum atomic E-state index is 12.7. The Morgan fingerprint density at radius 1 is 1.10 bits per heavy atom. The number of ether oxygens (including phenoxy) is 4. The summed E-state index contributed by atoms with van der Waals surface area (Å²) < 4.78 is 21.8. The molecule has 0 radical (unpaired) electrons. The fraction of sp³-hybridized carbons (Fsp3) is 0.500. The minimum Gasteiger partial charge on any atom is -0.467 e. The van der Waals surface area contributed by atoms with Gasteiger partial charge < -0.3 is 24.3 Å². The first-order valence-corrected chi connectivity index (χ1v) is 9.92. The topological polar surface area (TPSA) is 105 Å². The molecule has 0 saturated carbocycles. The molecular formula is C22H30N2O7. The van der Waals surface area contributed by atoms with E-state index in [4.69, 9.17) is 18.9 Å². The minimum atomic E-state index is -0.943. The second kappa shape index (κ2) is 10.9. The quantitative estimate of drug-likeness (QED) is 0.477. The maximum absolute atomic E-state index is 12.7. The Kier molecular flexibility index (Phi) is 8.58. The van der Waals surface area contributed by atoms with E-state index in [1.165, 1.54) is 18.8 Å². The smallest absolute Gasteiger partial charge is 0.419 e. The van der Waals surface area contributed by atoms with Gasteiger partial charge in [0.25, 0.3) is 0 Å². The fourth-order valence-electron chi connectivity index (χ4n) is 2.97. The van der Waals surface area contributed by atoms with Gasteiger partial charge in [0.15, 0.2) is 0 Å². The van der Waals surface area contributed by atoms with E-state index < -0.39 is 29.6 Å². The molecule has 9 heteroatoms. The molecule has 2 rings (SSSR count). The second-order valence-corrected chi connectivity index (χ2v) is 7.91. The van der Waals surface area contributed by atoms with Crippen molar-refractivity contribution in [3.8, 4) is 0 Å². The fourth-order valence-corrected chi connectivity index (χ4v) is 2.97. The normalized spacial score (nSPS) is 12.4. The Hall–Kier alpha value is -2.91. The van der Waals surface area contributed by atoms with Crippen molar-refractivity contribution in [3.05, 3.63) is 36.0 Å². The first-order chi connectivity index (χ1) is 14.7. The molecule has 1 aromatic heterocycles. The van der Waals surface area contributed by atoms with Crippen molar-refractivity contribution in [2.75, 3.05) is 34.0 Å². The molecule has 31 heavy (non-hydrogen) atoms. The average Bonchev–Trinajstić information content (AvgIpc) is 3.08. The van der Waals surface area contributed by atoms with E-state index in [-0.39, 0.29) is 19.6 Å². The molecule has 2 aromatic rings. The highest BCUT2D eigenvalue weighted by Gasteiger charge is 2.26. The number of nitrogens with zero attached hydrogens (tertiary/aromatic N) is 1. The Labute approximate surface area is 181 Å². The zero-order valence-electron chi connectivity index (χ0n) is 18.6. The van der Waals surface area contributed by atoms with Crippen LogP contribution >= 0.6 is 0 Å². The third-order valence-corrected chi connectivity index (χ3v) is 4.29. The number of hydrogen-bond acceptors (Lipinski definition) is 7. The molecule has 170 valence electrons. The number of nitrogens with one attached hydrogen (secondary N) is 1. The Morgan fingerprint density at radius 3 is 2.45 bits per heavy atom. The van der Waals surface area contributed by atoms with Crippen molar-refractivity contribution in [2.24, 2.45) is 0 Å². The summed E-state index contributed by atoms with van der Waals surface area (Å²) in [5, 5.41) is 3.40. The summed E-state index contributed by atoms with van der Waals surface area (Å²) in [6.07, 6.45) is 1.23. The summed E-state index contributed by atoms with van der Waals surface area (Å²) in [7, 11) is 2.78. The van der Waals surface area contributed by atoms with E-state index >= 15 is 0 Å². The number of carbonyl (C=O) groups excluding carboxylic acids is 3. The predicted molar refractivity (Wildman–Crippen MR) is 114 cm³/mol. The van der Waals surface area contributed by atoms with Crippen LogP contribution in [0.2, 0.25) is 0 Å². The number of esters is 1. The van der Waals surface area contributed by atoms with E-state index in [0.717, 1.165) is 5.39 Å². The highest BCUT2D eigenvalue weighted by molar-refractivity contribution is 5.93. The summed E-state index contributed by atoms with van der Waals surface area (Å²) in [5.41, 5.74) is 0.676. The number of methoxy groups -OCH3 is 2. The van der Waals surface area contributed by atoms with E-state index in [0.29, 0.717) is 17.7 Å². The van der Waals surface area contributed by atoms with Gasteiger partial charge in [-0.3, -0.25) is 9.36 Å². The number of hydrogen-bond donors (Lipinski definition) is 1. The van der Waals surface area contributed by atoms with Crippen molar-refractivity contribution in [1.29, 1.82) is 0 Å². The molecule has 0 saturated heterocycles. The number of benzene rings is 1. The van der Waals surface area contributed by atoms with Gasteiger partial charge in [-0.2, -0.15) is 0 Å². The van der Waals surface area contributed by atoms with E-state index in [2.05, 4.69) is 5.32 Å². The number of rotatable bonds is 9. The molecule has 0 aliphatic rings. The van der Waals surface area contributed by atoms with E-state index in [1.54, 1.807) is 33.0 Å². The second-order valence-electron chi connectivity index (χ2n) is 7.91. The van der Waals surface area contributed by atoms with Gasteiger partial charge in [-0.05, 0) is 32.4 Å². The molecule has 0 spiro atoms. The third kappa shape index (κ3) is 7.08. The van der Waals surface area contributed by atoms with E-state index in [1.807, 2.05) is 18.2 Å². The van der Waals surface area contributed by atoms with Gasteiger partial charge in [-0.15, -0.1) is 0 Å². The van der Waals surface area contributed by atoms with E-state index in [9.17, 15) is 14.4 Å². The summed E-state index contributed by atoms with van der Waals surface area (Å²) in [6.45, 7) is 5.77. The molecule has 1 N–H and O–H groups in total. The first kappa shape index (κ1) is 24.4. The molecule has 1 amide bonds. The van der Waals surface area contributed by atoms with Gasteiger partial charge >= 0.3 is 12.1 Å². The zero-order chi connectivity index (χ0) is 23.0. The van der Waals surface area contributed by atoms with Crippen molar-refractivity contribution >= 4 is 28.9 Å². The van der Waals surface area contributed by atoms with Crippen LogP contribution in [0.25, 0.3) is 10.9 Å². The van der Waals surface area contributed by atoms with Crippen molar-refractivity contribution < 1.29 is 33.3 Å². The molecule has 1 atom stereocenters. The lowest BCUT2D eigenvalue weighted by molar-refractivity contribution is -0.145. The van der Waals surface area contributed by atoms with Crippen LogP contribution in [0.5, 0.6) is 0 Å². The Bertz CT molecular complexity index is 914. The predicted octanol–water partition coefficient (Wildman–Crippen LogP) is 2.29. The number of fused-ring (bicyclic) bond motifs is 1. The zero-order valence-corrected chi connectivity index (χ0v) is 18.6. The molecule has 0 unspecified atom stereocenters. The van der Waals surface area contributed by atoms with Crippen LogP contribution in [-0.4, -0.2) is 68.2 Å². The van der Waals surface area contributed by atoms with Gasteiger partial charge in [-0.25, -0.2) is 9.59 Å². The molecule has 9 nitrogen and oxygen atoms in total. The maximum Gasteiger partial charge on any atom is 0.419 e. The molecule has 1 heterocycles. The number of carbonyl (C=O) groups is 3.